The van der Waals surface area contributed by atoms with Crippen LogP contribution < -0.4 is 5.32 Å². The van der Waals surface area contributed by atoms with Crippen molar-refractivity contribution in [2.24, 2.45) is 26.8 Å². The number of esters is 2. The van der Waals surface area contributed by atoms with Crippen molar-refractivity contribution in [3.05, 3.63) is 91.5 Å². The Bertz CT molecular complexity index is 1770. The number of methoxy groups -OCH3 is 1. The number of nitrogens with one attached hydrogen (secondary N) is 1. The first kappa shape index (κ1) is 29.5. The Morgan fingerprint density at radius 1 is 1.00 bits per heavy atom. The molecule has 228 valence electrons. The van der Waals surface area contributed by atoms with Gasteiger partial charge >= 0.3 is 11.9 Å². The Hall–Kier alpha value is -4.53. The fourth-order valence-electron chi connectivity index (χ4n) is 6.89. The number of allylic oxidation sites excluding steroid dienone is 11. The van der Waals surface area contributed by atoms with Gasteiger partial charge in [-0.3, -0.25) is 9.59 Å². The summed E-state index contributed by atoms with van der Waals surface area (Å²) in [5, 5.41) is 14.9. The van der Waals surface area contributed by atoms with Gasteiger partial charge < -0.3 is 19.9 Å². The zero-order valence-corrected chi connectivity index (χ0v) is 26.3. The van der Waals surface area contributed by atoms with E-state index in [1.165, 1.54) is 14.0 Å². The average Bonchev–Trinajstić information content (AvgIpc) is 3.73. The van der Waals surface area contributed by atoms with Gasteiger partial charge in [-0.2, -0.15) is 0 Å². The Labute approximate surface area is 257 Å². The van der Waals surface area contributed by atoms with Gasteiger partial charge in [-0.15, -0.1) is 0 Å². The molecule has 0 saturated carbocycles. The van der Waals surface area contributed by atoms with Gasteiger partial charge in [0.25, 0.3) is 0 Å². The summed E-state index contributed by atoms with van der Waals surface area (Å²) in [6.07, 6.45) is 8.05. The maximum Gasteiger partial charge on any atom is 0.305 e. The Balaban J connectivity index is 1.58. The van der Waals surface area contributed by atoms with E-state index in [-0.39, 0.29) is 36.8 Å². The highest BCUT2D eigenvalue weighted by Crippen LogP contribution is 2.46. The molecule has 9 nitrogen and oxygen atoms in total. The minimum Gasteiger partial charge on any atom is -0.511 e. The summed E-state index contributed by atoms with van der Waals surface area (Å²) in [5.41, 5.74) is 13.2. The van der Waals surface area contributed by atoms with Crippen LogP contribution in [0.1, 0.15) is 67.2 Å². The van der Waals surface area contributed by atoms with E-state index < -0.39 is 0 Å². The maximum absolute atomic E-state index is 12.2. The number of ether oxygens (including phenoxy) is 2. The van der Waals surface area contributed by atoms with Crippen LogP contribution in [0.3, 0.4) is 0 Å². The second-order valence-corrected chi connectivity index (χ2v) is 12.0. The van der Waals surface area contributed by atoms with Crippen molar-refractivity contribution in [3.63, 3.8) is 0 Å². The van der Waals surface area contributed by atoms with E-state index in [1.54, 1.807) is 0 Å². The predicted octanol–water partition coefficient (Wildman–Crippen LogP) is 6.17. The molecule has 5 aliphatic heterocycles. The van der Waals surface area contributed by atoms with Gasteiger partial charge in [0.1, 0.15) is 12.4 Å². The number of carbonyl (C=O) groups excluding carboxylic acids is 2. The number of hydrogen-bond donors (Lipinski definition) is 2. The lowest BCUT2D eigenvalue weighted by Crippen LogP contribution is -2.16. The molecule has 2 N–H and O–H groups in total. The van der Waals surface area contributed by atoms with Gasteiger partial charge in [0.15, 0.2) is 0 Å². The normalized spacial score (nSPS) is 24.0. The molecule has 44 heavy (non-hydrogen) atoms. The topological polar surface area (TPSA) is 122 Å². The van der Waals surface area contributed by atoms with Crippen LogP contribution in [0.4, 0.5) is 0 Å². The van der Waals surface area contributed by atoms with E-state index in [1.807, 2.05) is 26.0 Å². The summed E-state index contributed by atoms with van der Waals surface area (Å²) in [7, 11) is 1.41. The monoisotopic (exact) mass is 594 g/mol. The predicted molar refractivity (Wildman–Crippen MR) is 170 cm³/mol. The number of hydrogen-bond acceptors (Lipinski definition) is 9. The van der Waals surface area contributed by atoms with Crippen molar-refractivity contribution in [1.82, 2.24) is 5.32 Å². The molecular weight excluding hydrogens is 556 g/mol. The molecule has 6 aliphatic rings. The molecule has 0 unspecified atom stereocenters. The van der Waals surface area contributed by atoms with Crippen LogP contribution in [0.25, 0.3) is 0 Å². The van der Waals surface area contributed by atoms with Gasteiger partial charge in [0, 0.05) is 59.7 Å². The Kier molecular flexibility index (Phi) is 7.51. The standard InChI is InChI=1S/C35H38N4O5/c1-8-21-16(2)26-13-30-24(15-44-20(6)40)18(4)25(37-30)12-27-17(3)22(9-10-32(42)43-7)34(38-27)23-11-31(41)33-19(5)28(39-35(23)33)14-29(21)36-26/h12-14,17,22,38,41H,8-11,15H2,1-7H3/t17-,22-/m0/s1. The molecule has 8 bridgehead atoms. The van der Waals surface area contributed by atoms with Crippen molar-refractivity contribution in [3.8, 4) is 0 Å². The molecule has 0 aromatic heterocycles. The molecule has 0 aromatic rings. The molecule has 0 aromatic carbocycles. The van der Waals surface area contributed by atoms with Gasteiger partial charge in [-0.05, 0) is 74.1 Å². The summed E-state index contributed by atoms with van der Waals surface area (Å²) >= 11 is 0. The van der Waals surface area contributed by atoms with E-state index in [2.05, 4.69) is 32.2 Å². The summed E-state index contributed by atoms with van der Waals surface area (Å²) in [5.74, 6) is -0.308. The van der Waals surface area contributed by atoms with Crippen molar-refractivity contribution in [2.45, 2.75) is 67.2 Å². The first-order valence-corrected chi connectivity index (χ1v) is 15.2. The fraction of sp³-hybridized carbons (Fsp3) is 0.400. The molecule has 5 heterocycles. The average molecular weight is 595 g/mol. The van der Waals surface area contributed by atoms with Gasteiger partial charge in [-0.25, -0.2) is 15.0 Å². The van der Waals surface area contributed by atoms with Crippen molar-refractivity contribution in [2.75, 3.05) is 13.7 Å². The highest BCUT2D eigenvalue weighted by molar-refractivity contribution is 6.21. The maximum atomic E-state index is 12.2. The van der Waals surface area contributed by atoms with Crippen molar-refractivity contribution < 1.29 is 24.2 Å². The van der Waals surface area contributed by atoms with Gasteiger partial charge in [0.2, 0.25) is 0 Å². The van der Waals surface area contributed by atoms with E-state index in [0.717, 1.165) is 91.1 Å². The third-order valence-corrected chi connectivity index (χ3v) is 9.49. The molecule has 0 amide bonds. The number of fused-ring (bicyclic) bond motifs is 5. The summed E-state index contributed by atoms with van der Waals surface area (Å²) in [6.45, 7) is 11.8. The molecule has 0 spiro atoms. The smallest absolute Gasteiger partial charge is 0.305 e. The van der Waals surface area contributed by atoms with E-state index in [0.29, 0.717) is 18.6 Å². The van der Waals surface area contributed by atoms with Crippen LogP contribution in [0.15, 0.2) is 106 Å². The first-order valence-electron chi connectivity index (χ1n) is 15.2. The quantitative estimate of drug-likeness (QED) is 0.355. The lowest BCUT2D eigenvalue weighted by molar-refractivity contribution is -0.141. The van der Waals surface area contributed by atoms with Crippen LogP contribution >= 0.6 is 0 Å². The van der Waals surface area contributed by atoms with E-state index >= 15 is 0 Å². The van der Waals surface area contributed by atoms with Crippen LogP contribution in [0, 0.1) is 11.8 Å². The number of rotatable bonds is 6. The lowest BCUT2D eigenvalue weighted by Gasteiger charge is -2.17. The number of carbonyl (C=O) groups is 2. The second-order valence-electron chi connectivity index (χ2n) is 12.0. The Morgan fingerprint density at radius 2 is 1.68 bits per heavy atom. The van der Waals surface area contributed by atoms with Gasteiger partial charge in [-0.1, -0.05) is 13.8 Å². The number of nitrogens with zero attached hydrogens (tertiary/aromatic N) is 3. The third kappa shape index (κ3) is 4.84. The number of aliphatic imine (C=N–C) groups is 3. The summed E-state index contributed by atoms with van der Waals surface area (Å²) in [6, 6.07) is 0. The van der Waals surface area contributed by atoms with Crippen LogP contribution in [-0.2, 0) is 19.1 Å². The van der Waals surface area contributed by atoms with E-state index in [4.69, 9.17) is 24.5 Å². The van der Waals surface area contributed by atoms with Gasteiger partial charge in [0.05, 0.1) is 41.3 Å². The van der Waals surface area contributed by atoms with Crippen molar-refractivity contribution >= 4 is 29.1 Å². The molecule has 1 fully saturated rings. The molecular formula is C35H38N4O5. The second kappa shape index (κ2) is 11.2. The summed E-state index contributed by atoms with van der Waals surface area (Å²) in [4.78, 5) is 39.2. The highest BCUT2D eigenvalue weighted by Gasteiger charge is 2.41. The third-order valence-electron chi connectivity index (χ3n) is 9.49. The zero-order valence-electron chi connectivity index (χ0n) is 26.3. The SMILES string of the molecule is CCC1=C(C)C2=NC1=CC1=C(C)C3=C(O)CC(=C4NC(=CC5=NC(=C2)C(COC(C)=O)=C5C)[C@@H](C)[C@@H]4CCC(=O)OC)C3=N1. The molecule has 0 radical (unpaired) electrons. The van der Waals surface area contributed by atoms with E-state index in [9.17, 15) is 14.7 Å². The fourth-order valence-corrected chi connectivity index (χ4v) is 6.89. The molecule has 6 rings (SSSR count). The Morgan fingerprint density at radius 3 is 2.36 bits per heavy atom. The number of aliphatic hydroxyl groups excluding tert-OH is 1. The minimum absolute atomic E-state index is 0.0238. The molecule has 2 atom stereocenters. The van der Waals surface area contributed by atoms with Crippen molar-refractivity contribution in [1.29, 1.82) is 0 Å². The minimum atomic E-state index is -0.355. The number of aliphatic hydroxyl groups is 1. The van der Waals surface area contributed by atoms with Crippen LogP contribution in [0.2, 0.25) is 0 Å². The first-order chi connectivity index (χ1) is 21.0. The summed E-state index contributed by atoms with van der Waals surface area (Å²) < 4.78 is 10.4. The highest BCUT2D eigenvalue weighted by atomic mass is 16.5. The van der Waals surface area contributed by atoms with Crippen LogP contribution in [0.5, 0.6) is 0 Å². The molecule has 1 saturated heterocycles. The molecule has 9 heteroatoms. The largest absolute Gasteiger partial charge is 0.511 e. The van der Waals surface area contributed by atoms with Crippen LogP contribution in [-0.4, -0.2) is 47.9 Å². The molecule has 1 aliphatic carbocycles. The lowest BCUT2D eigenvalue weighted by atomic mass is 9.86. The zero-order chi connectivity index (χ0) is 31.4.